The summed E-state index contributed by atoms with van der Waals surface area (Å²) in [6.07, 6.45) is 9.50. The van der Waals surface area contributed by atoms with Crippen molar-refractivity contribution in [3.63, 3.8) is 0 Å². The number of carbonyl (C=O) groups excluding carboxylic acids is 1. The van der Waals surface area contributed by atoms with Gasteiger partial charge in [-0.3, -0.25) is 9.79 Å². The van der Waals surface area contributed by atoms with Gasteiger partial charge in [0.25, 0.3) is 0 Å². The molecule has 0 saturated heterocycles. The minimum atomic E-state index is -0.0352. The molecule has 0 unspecified atom stereocenters. The Kier molecular flexibility index (Phi) is 11.6. The summed E-state index contributed by atoms with van der Waals surface area (Å²) in [5, 5.41) is 23.1. The van der Waals surface area contributed by atoms with Crippen molar-refractivity contribution in [3.05, 3.63) is 53.6 Å². The van der Waals surface area contributed by atoms with Gasteiger partial charge in [0.1, 0.15) is 0 Å². The van der Waals surface area contributed by atoms with Gasteiger partial charge in [-0.1, -0.05) is 38.3 Å². The van der Waals surface area contributed by atoms with Crippen LogP contribution in [0, 0.1) is 5.92 Å². The molecule has 0 amide bonds. The number of phenolic OH excluding ortho intramolecular Hbond substituents is 2. The van der Waals surface area contributed by atoms with Crippen LogP contribution in [0.4, 0.5) is 5.69 Å². The number of methoxy groups -OCH3 is 2. The lowest BCUT2D eigenvalue weighted by atomic mass is 9.92. The third kappa shape index (κ3) is 8.83. The minimum Gasteiger partial charge on any atom is -0.504 e. The molecule has 0 fully saturated rings. The number of rotatable bonds is 14. The molecule has 0 aromatic heterocycles. The maximum atomic E-state index is 12.6. The van der Waals surface area contributed by atoms with E-state index < -0.39 is 0 Å². The number of carbonyl (C=O) groups is 1. The lowest BCUT2D eigenvalue weighted by Crippen LogP contribution is -2.22. The van der Waals surface area contributed by atoms with Crippen LogP contribution in [0.1, 0.15) is 50.2 Å². The number of unbranched alkanes of at least 4 members (excludes halogenated alkanes) is 2. The number of hydrogen-bond donors (Lipinski definition) is 4. The fourth-order valence-corrected chi connectivity index (χ4v) is 3.92. The Morgan fingerprint density at radius 2 is 1.83 bits per heavy atom. The highest BCUT2D eigenvalue weighted by Crippen LogP contribution is 2.36. The molecule has 196 valence electrons. The van der Waals surface area contributed by atoms with Crippen LogP contribution in [0.15, 0.2) is 47.5 Å². The fourth-order valence-electron chi connectivity index (χ4n) is 3.92. The number of benzene rings is 2. The molecule has 2 aromatic carbocycles. The number of ketones is 1. The number of hydrogen-bond acceptors (Lipinski definition) is 6. The summed E-state index contributed by atoms with van der Waals surface area (Å²) in [5.41, 5.74) is 8.09. The first kappa shape index (κ1) is 28.6. The second-order valence-electron chi connectivity index (χ2n) is 8.72. The number of anilines is 1. The Morgan fingerprint density at radius 1 is 1.11 bits per heavy atom. The molecule has 0 saturated carbocycles. The van der Waals surface area contributed by atoms with E-state index in [0.29, 0.717) is 36.4 Å². The highest BCUT2D eigenvalue weighted by atomic mass is 16.5. The van der Waals surface area contributed by atoms with Gasteiger partial charge < -0.3 is 30.7 Å². The van der Waals surface area contributed by atoms with Gasteiger partial charge in [-0.25, -0.2) is 0 Å². The maximum Gasteiger partial charge on any atom is 0.192 e. The summed E-state index contributed by atoms with van der Waals surface area (Å²) >= 11 is 0. The Hall–Kier alpha value is -3.68. The van der Waals surface area contributed by atoms with Crippen molar-refractivity contribution in [1.29, 1.82) is 0 Å². The number of aromatic hydroxyl groups is 2. The van der Waals surface area contributed by atoms with Crippen LogP contribution in [0.5, 0.6) is 23.0 Å². The topological polar surface area (TPSA) is 126 Å². The van der Waals surface area contributed by atoms with Gasteiger partial charge in [0.15, 0.2) is 34.7 Å². The highest BCUT2D eigenvalue weighted by molar-refractivity contribution is 5.94. The third-order valence-electron chi connectivity index (χ3n) is 5.99. The molecular formula is C28H39N3O5. The predicted molar refractivity (Wildman–Crippen MR) is 144 cm³/mol. The normalized spacial score (nSPS) is 12.5. The second kappa shape index (κ2) is 14.7. The summed E-state index contributed by atoms with van der Waals surface area (Å²) in [7, 11) is 4.56. The molecule has 0 spiro atoms. The lowest BCUT2D eigenvalue weighted by molar-refractivity contribution is -0.114. The van der Waals surface area contributed by atoms with E-state index in [4.69, 9.17) is 15.2 Å². The van der Waals surface area contributed by atoms with Gasteiger partial charge in [-0.05, 0) is 66.6 Å². The van der Waals surface area contributed by atoms with Crippen LogP contribution in [0.25, 0.3) is 0 Å². The largest absolute Gasteiger partial charge is 0.504 e. The molecule has 8 heteroatoms. The van der Waals surface area contributed by atoms with Crippen molar-refractivity contribution in [2.45, 2.75) is 51.9 Å². The summed E-state index contributed by atoms with van der Waals surface area (Å²) in [4.78, 5) is 16.5. The van der Waals surface area contributed by atoms with E-state index in [2.05, 4.69) is 17.2 Å². The number of nitrogens with one attached hydrogen (secondary N) is 1. The van der Waals surface area contributed by atoms with Crippen molar-refractivity contribution in [2.24, 2.45) is 16.6 Å². The SMILES string of the molecule is CCCCC[C@H](C=CC(=O)CCc1ccc(O)c(OC)c1)Cc1cc(NC(N)=NC)c(O)c(OC)c1. The number of nitrogens with two attached hydrogens (primary N) is 1. The van der Waals surface area contributed by atoms with Crippen LogP contribution in [-0.2, 0) is 17.6 Å². The molecule has 8 nitrogen and oxygen atoms in total. The molecule has 36 heavy (non-hydrogen) atoms. The van der Waals surface area contributed by atoms with Gasteiger partial charge in [0.05, 0.1) is 19.9 Å². The molecule has 0 heterocycles. The Bertz CT molecular complexity index is 1070. The second-order valence-corrected chi connectivity index (χ2v) is 8.72. The zero-order valence-corrected chi connectivity index (χ0v) is 21.7. The first-order chi connectivity index (χ1) is 17.3. The van der Waals surface area contributed by atoms with Gasteiger partial charge in [-0.15, -0.1) is 0 Å². The van der Waals surface area contributed by atoms with E-state index in [9.17, 15) is 15.0 Å². The van der Waals surface area contributed by atoms with E-state index in [-0.39, 0.29) is 29.2 Å². The summed E-state index contributed by atoms with van der Waals surface area (Å²) in [6.45, 7) is 2.16. The molecule has 0 aliphatic heterocycles. The van der Waals surface area contributed by atoms with E-state index >= 15 is 0 Å². The zero-order chi connectivity index (χ0) is 26.5. The number of nitrogens with zero attached hydrogens (tertiary/aromatic N) is 1. The molecule has 5 N–H and O–H groups in total. The quantitative estimate of drug-likeness (QED) is 0.0954. The average Bonchev–Trinajstić information content (AvgIpc) is 2.88. The molecule has 0 aliphatic rings. The smallest absolute Gasteiger partial charge is 0.192 e. The molecule has 0 bridgehead atoms. The number of phenols is 2. The van der Waals surface area contributed by atoms with Crippen molar-refractivity contribution in [1.82, 2.24) is 0 Å². The molecule has 2 aromatic rings. The number of ether oxygens (including phenoxy) is 2. The van der Waals surface area contributed by atoms with Gasteiger partial charge in [-0.2, -0.15) is 0 Å². The summed E-state index contributed by atoms with van der Waals surface area (Å²) in [6, 6.07) is 8.76. The first-order valence-electron chi connectivity index (χ1n) is 12.3. The Labute approximate surface area is 213 Å². The number of aryl methyl sites for hydroxylation is 1. The third-order valence-corrected chi connectivity index (χ3v) is 5.99. The summed E-state index contributed by atoms with van der Waals surface area (Å²) in [5.74, 6) is 1.16. The van der Waals surface area contributed by atoms with E-state index in [1.54, 1.807) is 37.4 Å². The van der Waals surface area contributed by atoms with Crippen LogP contribution < -0.4 is 20.5 Å². The molecule has 1 atom stereocenters. The lowest BCUT2D eigenvalue weighted by Gasteiger charge is -2.17. The van der Waals surface area contributed by atoms with Gasteiger partial charge >= 0.3 is 0 Å². The first-order valence-corrected chi connectivity index (χ1v) is 12.3. The number of aliphatic imine (C=N–C) groups is 1. The van der Waals surface area contributed by atoms with Crippen molar-refractivity contribution in [2.75, 3.05) is 26.6 Å². The Balaban J connectivity index is 2.14. The van der Waals surface area contributed by atoms with Gasteiger partial charge in [0, 0.05) is 13.5 Å². The van der Waals surface area contributed by atoms with Crippen LogP contribution in [0.3, 0.4) is 0 Å². The maximum absolute atomic E-state index is 12.6. The molecule has 2 rings (SSSR count). The van der Waals surface area contributed by atoms with Crippen molar-refractivity contribution in [3.8, 4) is 23.0 Å². The molecule has 0 aliphatic carbocycles. The van der Waals surface area contributed by atoms with E-state index in [0.717, 1.165) is 36.8 Å². The minimum absolute atomic E-state index is 0.0352. The van der Waals surface area contributed by atoms with Crippen LogP contribution in [0.2, 0.25) is 0 Å². The van der Waals surface area contributed by atoms with Crippen LogP contribution in [-0.4, -0.2) is 43.2 Å². The van der Waals surface area contributed by atoms with E-state index in [1.807, 2.05) is 12.1 Å². The fraction of sp³-hybridized carbons (Fsp3) is 0.429. The van der Waals surface area contributed by atoms with Crippen molar-refractivity contribution < 1.29 is 24.5 Å². The Morgan fingerprint density at radius 3 is 2.50 bits per heavy atom. The summed E-state index contributed by atoms with van der Waals surface area (Å²) < 4.78 is 10.5. The van der Waals surface area contributed by atoms with Crippen molar-refractivity contribution >= 4 is 17.4 Å². The molecule has 0 radical (unpaired) electrons. The highest BCUT2D eigenvalue weighted by Gasteiger charge is 2.15. The average molecular weight is 498 g/mol. The predicted octanol–water partition coefficient (Wildman–Crippen LogP) is 4.97. The van der Waals surface area contributed by atoms with E-state index in [1.165, 1.54) is 14.2 Å². The molecular weight excluding hydrogens is 458 g/mol. The van der Waals surface area contributed by atoms with Crippen LogP contribution >= 0.6 is 0 Å². The number of allylic oxidation sites excluding steroid dienone is 2. The number of guanidine groups is 1. The monoisotopic (exact) mass is 497 g/mol. The zero-order valence-electron chi connectivity index (χ0n) is 21.7. The van der Waals surface area contributed by atoms with Gasteiger partial charge in [0.2, 0.25) is 0 Å². The standard InChI is InChI=1S/C28H39N3O5/c1-5-6-7-8-19(9-12-22(32)13-10-20-11-14-24(33)25(17-20)35-3)15-21-16-23(31-28(29)30-2)27(34)26(18-21)36-4/h9,11-12,14,16-19,33-34H,5-8,10,13,15H2,1-4H3,(H3,29,30,31)/t19-/m1/s1.